The van der Waals surface area contributed by atoms with Crippen molar-refractivity contribution in [2.75, 3.05) is 26.9 Å². The summed E-state index contributed by atoms with van der Waals surface area (Å²) >= 11 is 0. The number of hydrogen-bond donors (Lipinski definition) is 1. The fourth-order valence-corrected chi connectivity index (χ4v) is 2.37. The van der Waals surface area contributed by atoms with Crippen molar-refractivity contribution in [2.24, 2.45) is 5.73 Å². The molecule has 0 saturated heterocycles. The van der Waals surface area contributed by atoms with Gasteiger partial charge in [0, 0.05) is 20.3 Å². The summed E-state index contributed by atoms with van der Waals surface area (Å²) in [5.41, 5.74) is 7.97. The first-order valence-electron chi connectivity index (χ1n) is 5.74. The molecular weight excluding hydrogens is 202 g/mol. The summed E-state index contributed by atoms with van der Waals surface area (Å²) in [6, 6.07) is 8.36. The van der Waals surface area contributed by atoms with E-state index in [0.717, 1.165) is 19.4 Å². The lowest BCUT2D eigenvalue weighted by Crippen LogP contribution is -2.42. The van der Waals surface area contributed by atoms with Crippen molar-refractivity contribution in [1.82, 2.24) is 0 Å². The first-order chi connectivity index (χ1) is 7.82. The number of hydrogen-bond acceptors (Lipinski definition) is 3. The molecular formula is C13H19NO2. The molecule has 1 unspecified atom stereocenters. The van der Waals surface area contributed by atoms with Gasteiger partial charge >= 0.3 is 0 Å². The number of nitrogens with two attached hydrogens (primary N) is 1. The zero-order chi connectivity index (χ0) is 11.4. The monoisotopic (exact) mass is 221 g/mol. The largest absolute Gasteiger partial charge is 0.381 e. The Kier molecular flexibility index (Phi) is 3.59. The maximum Gasteiger partial charge on any atom is 0.129 e. The van der Waals surface area contributed by atoms with Crippen LogP contribution in [0, 0.1) is 0 Å². The van der Waals surface area contributed by atoms with Crippen molar-refractivity contribution in [3.05, 3.63) is 35.4 Å². The van der Waals surface area contributed by atoms with E-state index in [1.54, 1.807) is 7.11 Å². The highest BCUT2D eigenvalue weighted by atomic mass is 16.5. The highest BCUT2D eigenvalue weighted by Crippen LogP contribution is 2.31. The van der Waals surface area contributed by atoms with E-state index >= 15 is 0 Å². The number of aryl methyl sites for hydroxylation is 1. The lowest BCUT2D eigenvalue weighted by atomic mass is 9.89. The molecule has 0 radical (unpaired) electrons. The van der Waals surface area contributed by atoms with Crippen molar-refractivity contribution < 1.29 is 9.47 Å². The Morgan fingerprint density at radius 1 is 1.44 bits per heavy atom. The summed E-state index contributed by atoms with van der Waals surface area (Å²) in [5.74, 6) is 0. The third-order valence-corrected chi connectivity index (χ3v) is 3.18. The molecule has 0 aliphatic carbocycles. The molecule has 16 heavy (non-hydrogen) atoms. The molecule has 3 nitrogen and oxygen atoms in total. The quantitative estimate of drug-likeness (QED) is 0.840. The summed E-state index contributed by atoms with van der Waals surface area (Å²) in [5, 5.41) is 0. The first kappa shape index (κ1) is 11.6. The van der Waals surface area contributed by atoms with Crippen LogP contribution >= 0.6 is 0 Å². The Labute approximate surface area is 96.5 Å². The van der Waals surface area contributed by atoms with Crippen molar-refractivity contribution in [3.63, 3.8) is 0 Å². The average molecular weight is 221 g/mol. The summed E-state index contributed by atoms with van der Waals surface area (Å²) in [4.78, 5) is 0. The maximum atomic E-state index is 5.96. The summed E-state index contributed by atoms with van der Waals surface area (Å²) in [6.45, 7) is 1.72. The van der Waals surface area contributed by atoms with Crippen LogP contribution < -0.4 is 5.73 Å². The number of fused-ring (bicyclic) bond motifs is 1. The average Bonchev–Trinajstić information content (AvgIpc) is 2.51. The molecule has 0 bridgehead atoms. The van der Waals surface area contributed by atoms with Crippen molar-refractivity contribution in [3.8, 4) is 0 Å². The molecule has 1 aliphatic heterocycles. The molecule has 1 aliphatic rings. The Morgan fingerprint density at radius 2 is 2.25 bits per heavy atom. The van der Waals surface area contributed by atoms with Crippen LogP contribution in [-0.4, -0.2) is 26.9 Å². The zero-order valence-corrected chi connectivity index (χ0v) is 9.74. The minimum Gasteiger partial charge on any atom is -0.381 e. The number of ether oxygens (including phenoxy) is 2. The standard InChI is InChI=1S/C13H19NO2/c1-15-10-13(9-14)12-7-3-2-5-11(12)6-4-8-16-13/h2-3,5,7H,4,6,8-10,14H2,1H3. The summed E-state index contributed by atoms with van der Waals surface area (Å²) in [6.07, 6.45) is 2.10. The van der Waals surface area contributed by atoms with Gasteiger partial charge < -0.3 is 15.2 Å². The van der Waals surface area contributed by atoms with E-state index in [1.165, 1.54) is 11.1 Å². The molecule has 0 spiro atoms. The van der Waals surface area contributed by atoms with Crippen molar-refractivity contribution in [2.45, 2.75) is 18.4 Å². The molecule has 88 valence electrons. The second-order valence-corrected chi connectivity index (χ2v) is 4.24. The number of rotatable bonds is 3. The molecule has 0 saturated carbocycles. The van der Waals surface area contributed by atoms with Crippen LogP contribution in [0.5, 0.6) is 0 Å². The fourth-order valence-electron chi connectivity index (χ4n) is 2.37. The lowest BCUT2D eigenvalue weighted by Gasteiger charge is -2.32. The second-order valence-electron chi connectivity index (χ2n) is 4.24. The van der Waals surface area contributed by atoms with Gasteiger partial charge in [0.05, 0.1) is 6.61 Å². The normalized spacial score (nSPS) is 24.9. The number of methoxy groups -OCH3 is 1. The van der Waals surface area contributed by atoms with Crippen molar-refractivity contribution >= 4 is 0 Å². The van der Waals surface area contributed by atoms with Gasteiger partial charge in [0.15, 0.2) is 0 Å². The van der Waals surface area contributed by atoms with E-state index in [0.29, 0.717) is 13.2 Å². The minimum atomic E-state index is -0.457. The smallest absolute Gasteiger partial charge is 0.129 e. The second kappa shape index (κ2) is 4.95. The Bertz CT molecular complexity index is 354. The SMILES string of the molecule is COCC1(CN)OCCCc2ccccc21. The predicted molar refractivity (Wildman–Crippen MR) is 63.3 cm³/mol. The van der Waals surface area contributed by atoms with Crippen molar-refractivity contribution in [1.29, 1.82) is 0 Å². The molecule has 1 aromatic carbocycles. The van der Waals surface area contributed by atoms with Gasteiger partial charge in [-0.1, -0.05) is 24.3 Å². The van der Waals surface area contributed by atoms with E-state index in [9.17, 15) is 0 Å². The van der Waals surface area contributed by atoms with Gasteiger partial charge in [-0.3, -0.25) is 0 Å². The third-order valence-electron chi connectivity index (χ3n) is 3.18. The summed E-state index contributed by atoms with van der Waals surface area (Å²) < 4.78 is 11.2. The Morgan fingerprint density at radius 3 is 3.00 bits per heavy atom. The van der Waals surface area contributed by atoms with E-state index in [4.69, 9.17) is 15.2 Å². The molecule has 1 atom stereocenters. The van der Waals surface area contributed by atoms with Gasteiger partial charge in [0.1, 0.15) is 5.60 Å². The van der Waals surface area contributed by atoms with Crippen LogP contribution in [0.2, 0.25) is 0 Å². The number of benzene rings is 1. The minimum absolute atomic E-state index is 0.456. The molecule has 1 heterocycles. The van der Waals surface area contributed by atoms with Crippen LogP contribution in [0.15, 0.2) is 24.3 Å². The summed E-state index contributed by atoms with van der Waals surface area (Å²) in [7, 11) is 1.69. The van der Waals surface area contributed by atoms with E-state index < -0.39 is 5.60 Å². The Hall–Kier alpha value is -0.900. The first-order valence-corrected chi connectivity index (χ1v) is 5.74. The third kappa shape index (κ3) is 1.98. The molecule has 0 aromatic heterocycles. The predicted octanol–water partition coefficient (Wildman–Crippen LogP) is 1.45. The highest BCUT2D eigenvalue weighted by molar-refractivity contribution is 5.34. The molecule has 1 aromatic rings. The zero-order valence-electron chi connectivity index (χ0n) is 9.74. The molecule has 2 rings (SSSR count). The molecule has 0 fully saturated rings. The van der Waals surface area contributed by atoms with Gasteiger partial charge in [0.25, 0.3) is 0 Å². The van der Waals surface area contributed by atoms with E-state index in [1.807, 2.05) is 6.07 Å². The fraction of sp³-hybridized carbons (Fsp3) is 0.538. The maximum absolute atomic E-state index is 5.96. The van der Waals surface area contributed by atoms with Crippen LogP contribution in [0.4, 0.5) is 0 Å². The van der Waals surface area contributed by atoms with Gasteiger partial charge in [-0.2, -0.15) is 0 Å². The lowest BCUT2D eigenvalue weighted by molar-refractivity contribution is -0.0858. The van der Waals surface area contributed by atoms with Gasteiger partial charge in [-0.05, 0) is 24.0 Å². The Balaban J connectivity index is 2.44. The van der Waals surface area contributed by atoms with Gasteiger partial charge in [-0.15, -0.1) is 0 Å². The van der Waals surface area contributed by atoms with Gasteiger partial charge in [-0.25, -0.2) is 0 Å². The molecule has 0 amide bonds. The topological polar surface area (TPSA) is 44.5 Å². The molecule has 2 N–H and O–H groups in total. The van der Waals surface area contributed by atoms with Crippen LogP contribution in [-0.2, 0) is 21.5 Å². The van der Waals surface area contributed by atoms with Crippen LogP contribution in [0.25, 0.3) is 0 Å². The molecule has 3 heteroatoms. The van der Waals surface area contributed by atoms with Crippen LogP contribution in [0.1, 0.15) is 17.5 Å². The van der Waals surface area contributed by atoms with E-state index in [2.05, 4.69) is 18.2 Å². The van der Waals surface area contributed by atoms with Gasteiger partial charge in [0.2, 0.25) is 0 Å². The van der Waals surface area contributed by atoms with Crippen LogP contribution in [0.3, 0.4) is 0 Å². The highest BCUT2D eigenvalue weighted by Gasteiger charge is 2.35. The van der Waals surface area contributed by atoms with E-state index in [-0.39, 0.29) is 0 Å².